The first kappa shape index (κ1) is 21.8. The zero-order valence-electron chi connectivity index (χ0n) is 16.8. The highest BCUT2D eigenvalue weighted by Crippen LogP contribution is 2.36. The molecule has 1 aromatic carbocycles. The van der Waals surface area contributed by atoms with E-state index in [4.69, 9.17) is 0 Å². The van der Waals surface area contributed by atoms with Crippen LogP contribution < -0.4 is 21.3 Å². The Labute approximate surface area is 186 Å². The van der Waals surface area contributed by atoms with Crippen LogP contribution in [0.3, 0.4) is 0 Å². The van der Waals surface area contributed by atoms with E-state index in [2.05, 4.69) is 31.2 Å². The highest BCUT2D eigenvalue weighted by Gasteiger charge is 2.23. The van der Waals surface area contributed by atoms with E-state index in [0.717, 1.165) is 42.9 Å². The Hall–Kier alpha value is -3.44. The molecule has 166 valence electrons. The van der Waals surface area contributed by atoms with Crippen molar-refractivity contribution in [3.63, 3.8) is 0 Å². The zero-order valence-corrected chi connectivity index (χ0v) is 17.6. The second-order valence-corrected chi connectivity index (χ2v) is 8.22. The van der Waals surface area contributed by atoms with Crippen molar-refractivity contribution in [2.24, 2.45) is 0 Å². The van der Waals surface area contributed by atoms with Gasteiger partial charge in [0, 0.05) is 29.9 Å². The molecule has 1 saturated heterocycles. The molecule has 11 heteroatoms. The van der Waals surface area contributed by atoms with Gasteiger partial charge in [-0.1, -0.05) is 6.07 Å². The molecule has 4 rings (SSSR count). The fraction of sp³-hybridized carbons (Fsp3) is 0.238. The van der Waals surface area contributed by atoms with Gasteiger partial charge in [-0.15, -0.1) is 11.3 Å². The molecule has 1 fully saturated rings. The molecule has 0 spiro atoms. The van der Waals surface area contributed by atoms with E-state index in [1.807, 2.05) is 0 Å². The number of anilines is 2. The maximum atomic E-state index is 13.7. The van der Waals surface area contributed by atoms with Gasteiger partial charge in [0.15, 0.2) is 17.5 Å². The number of hydrogen-bond donors (Lipinski definition) is 4. The number of piperidine rings is 1. The SMILES string of the molecule is O=C(Nc1cnccn1)Nc1sc(-c2ccc(F)c(F)c2)cc1C(=O)N[C@H]1CCCNC1. The molecule has 0 aliphatic carbocycles. The lowest BCUT2D eigenvalue weighted by molar-refractivity contribution is 0.0932. The number of urea groups is 1. The lowest BCUT2D eigenvalue weighted by Crippen LogP contribution is -2.45. The Morgan fingerprint density at radius 2 is 2.00 bits per heavy atom. The largest absolute Gasteiger partial charge is 0.348 e. The van der Waals surface area contributed by atoms with Gasteiger partial charge in [-0.25, -0.2) is 18.6 Å². The van der Waals surface area contributed by atoms with Crippen molar-refractivity contribution < 1.29 is 18.4 Å². The maximum absolute atomic E-state index is 13.7. The molecule has 3 amide bonds. The van der Waals surface area contributed by atoms with Gasteiger partial charge in [-0.2, -0.15) is 0 Å². The number of amides is 3. The summed E-state index contributed by atoms with van der Waals surface area (Å²) in [6.45, 7) is 1.56. The zero-order chi connectivity index (χ0) is 22.5. The van der Waals surface area contributed by atoms with E-state index in [1.54, 1.807) is 6.07 Å². The van der Waals surface area contributed by atoms with Crippen LogP contribution in [0.1, 0.15) is 23.2 Å². The van der Waals surface area contributed by atoms with Crippen molar-refractivity contribution in [3.05, 3.63) is 60.1 Å². The summed E-state index contributed by atoms with van der Waals surface area (Å²) in [6.07, 6.45) is 6.07. The number of hydrogen-bond acceptors (Lipinski definition) is 6. The summed E-state index contributed by atoms with van der Waals surface area (Å²) in [4.78, 5) is 33.8. The van der Waals surface area contributed by atoms with Gasteiger partial charge in [0.2, 0.25) is 0 Å². The number of halogens is 2. The molecule has 3 heterocycles. The van der Waals surface area contributed by atoms with E-state index < -0.39 is 17.7 Å². The number of nitrogens with zero attached hydrogens (tertiary/aromatic N) is 2. The van der Waals surface area contributed by atoms with Crippen molar-refractivity contribution in [3.8, 4) is 10.4 Å². The van der Waals surface area contributed by atoms with Crippen LogP contribution in [-0.4, -0.2) is 41.0 Å². The fourth-order valence-electron chi connectivity index (χ4n) is 3.30. The molecule has 3 aromatic rings. The van der Waals surface area contributed by atoms with Crippen LogP contribution in [0.2, 0.25) is 0 Å². The average molecular weight is 458 g/mol. The van der Waals surface area contributed by atoms with Crippen LogP contribution >= 0.6 is 11.3 Å². The standard InChI is InChI=1S/C21H20F2N6O2S/c22-15-4-3-12(8-16(15)23)17-9-14(19(30)27-13-2-1-5-24-10-13)20(32-17)29-21(31)28-18-11-25-6-7-26-18/h3-4,6-9,11,13,24H,1-2,5,10H2,(H,27,30)(H2,26,28,29,31)/t13-/m0/s1. The minimum Gasteiger partial charge on any atom is -0.348 e. The molecular formula is C21H20F2N6O2S. The smallest absolute Gasteiger partial charge is 0.325 e. The predicted octanol–water partition coefficient (Wildman–Crippen LogP) is 3.61. The van der Waals surface area contributed by atoms with Gasteiger partial charge in [-0.05, 0) is 43.1 Å². The van der Waals surface area contributed by atoms with E-state index >= 15 is 0 Å². The molecule has 1 aliphatic heterocycles. The van der Waals surface area contributed by atoms with E-state index in [-0.39, 0.29) is 28.3 Å². The Balaban J connectivity index is 1.59. The Kier molecular flexibility index (Phi) is 6.66. The number of aromatic nitrogens is 2. The van der Waals surface area contributed by atoms with Gasteiger partial charge >= 0.3 is 6.03 Å². The van der Waals surface area contributed by atoms with Crippen LogP contribution in [0.15, 0.2) is 42.9 Å². The molecule has 0 bridgehead atoms. The van der Waals surface area contributed by atoms with Crippen molar-refractivity contribution in [1.82, 2.24) is 20.6 Å². The van der Waals surface area contributed by atoms with E-state index in [1.165, 1.54) is 24.7 Å². The lowest BCUT2D eigenvalue weighted by Gasteiger charge is -2.23. The molecule has 1 atom stereocenters. The quantitative estimate of drug-likeness (QED) is 0.467. The number of rotatable bonds is 5. The minimum absolute atomic E-state index is 0.0378. The summed E-state index contributed by atoms with van der Waals surface area (Å²) in [7, 11) is 0. The lowest BCUT2D eigenvalue weighted by atomic mass is 10.1. The first-order chi connectivity index (χ1) is 15.5. The molecule has 8 nitrogen and oxygen atoms in total. The molecule has 32 heavy (non-hydrogen) atoms. The molecule has 0 saturated carbocycles. The predicted molar refractivity (Wildman–Crippen MR) is 118 cm³/mol. The van der Waals surface area contributed by atoms with E-state index in [9.17, 15) is 18.4 Å². The summed E-state index contributed by atoms with van der Waals surface area (Å²) in [5.41, 5.74) is 0.624. The van der Waals surface area contributed by atoms with Gasteiger partial charge in [0.1, 0.15) is 5.00 Å². The van der Waals surface area contributed by atoms with Crippen molar-refractivity contribution in [1.29, 1.82) is 0 Å². The monoisotopic (exact) mass is 458 g/mol. The first-order valence-electron chi connectivity index (χ1n) is 9.94. The van der Waals surface area contributed by atoms with Gasteiger partial charge in [0.25, 0.3) is 5.91 Å². The third-order valence-corrected chi connectivity index (χ3v) is 5.94. The summed E-state index contributed by atoms with van der Waals surface area (Å²) in [5.74, 6) is -2.08. The van der Waals surface area contributed by atoms with Crippen molar-refractivity contribution >= 4 is 34.1 Å². The summed E-state index contributed by atoms with van der Waals surface area (Å²) < 4.78 is 27.1. The summed E-state index contributed by atoms with van der Waals surface area (Å²) in [5, 5.41) is 11.6. The molecule has 0 radical (unpaired) electrons. The Bertz CT molecular complexity index is 1120. The van der Waals surface area contributed by atoms with Crippen LogP contribution in [0.25, 0.3) is 10.4 Å². The fourth-order valence-corrected chi connectivity index (χ4v) is 4.34. The molecule has 1 aliphatic rings. The maximum Gasteiger partial charge on any atom is 0.325 e. The Morgan fingerprint density at radius 1 is 1.12 bits per heavy atom. The first-order valence-corrected chi connectivity index (χ1v) is 10.8. The highest BCUT2D eigenvalue weighted by molar-refractivity contribution is 7.20. The highest BCUT2D eigenvalue weighted by atomic mass is 32.1. The van der Waals surface area contributed by atoms with Gasteiger partial charge in [0.05, 0.1) is 11.8 Å². The average Bonchev–Trinajstić information content (AvgIpc) is 3.20. The molecule has 0 unspecified atom stereocenters. The normalized spacial score (nSPS) is 15.8. The van der Waals surface area contributed by atoms with Crippen LogP contribution in [0.4, 0.5) is 24.4 Å². The van der Waals surface area contributed by atoms with Gasteiger partial charge in [-0.3, -0.25) is 20.4 Å². The number of carbonyl (C=O) groups excluding carboxylic acids is 2. The minimum atomic E-state index is -0.995. The third-order valence-electron chi connectivity index (χ3n) is 4.84. The summed E-state index contributed by atoms with van der Waals surface area (Å²) >= 11 is 1.08. The van der Waals surface area contributed by atoms with Crippen molar-refractivity contribution in [2.45, 2.75) is 18.9 Å². The van der Waals surface area contributed by atoms with Crippen molar-refractivity contribution in [2.75, 3.05) is 23.7 Å². The second-order valence-electron chi connectivity index (χ2n) is 7.17. The number of nitrogens with one attached hydrogen (secondary N) is 4. The second kappa shape index (κ2) is 9.79. The van der Waals surface area contributed by atoms with Crippen LogP contribution in [-0.2, 0) is 0 Å². The van der Waals surface area contributed by atoms with Gasteiger partial charge < -0.3 is 10.6 Å². The van der Waals surface area contributed by atoms with E-state index in [0.29, 0.717) is 17.0 Å². The third kappa shape index (κ3) is 5.24. The Morgan fingerprint density at radius 3 is 2.72 bits per heavy atom. The molecular weight excluding hydrogens is 438 g/mol. The summed E-state index contributed by atoms with van der Waals surface area (Å²) in [6, 6.07) is 4.39. The molecule has 2 aromatic heterocycles. The topological polar surface area (TPSA) is 108 Å². The van der Waals surface area contributed by atoms with Crippen LogP contribution in [0, 0.1) is 11.6 Å². The number of carbonyl (C=O) groups is 2. The number of thiophene rings is 1. The number of benzene rings is 1. The van der Waals surface area contributed by atoms with Crippen LogP contribution in [0.5, 0.6) is 0 Å². The molecule has 4 N–H and O–H groups in total.